The molecule has 9 heteroatoms. The molecule has 0 aromatic heterocycles. The van der Waals surface area contributed by atoms with Gasteiger partial charge in [-0.05, 0) is 28.8 Å². The van der Waals surface area contributed by atoms with Crippen LogP contribution in [0.2, 0.25) is 0 Å². The Morgan fingerprint density at radius 2 is 1.87 bits per heavy atom. The summed E-state index contributed by atoms with van der Waals surface area (Å²) in [5.74, 6) is 0.308. The van der Waals surface area contributed by atoms with Gasteiger partial charge in [0.25, 0.3) is 0 Å². The molecule has 0 bridgehead atoms. The molecule has 0 amide bonds. The summed E-state index contributed by atoms with van der Waals surface area (Å²) in [6.07, 6.45) is 0. The minimum Gasteiger partial charge on any atom is -0.379 e. The summed E-state index contributed by atoms with van der Waals surface area (Å²) < 4.78 is 45.9. The Balaban J connectivity index is 1.65. The molecular formula is C22H29FN4O3S. The lowest BCUT2D eigenvalue weighted by molar-refractivity contribution is 0.0729. The number of guanidine groups is 1. The Kier molecular flexibility index (Phi) is 8.00. The van der Waals surface area contributed by atoms with Crippen LogP contribution in [0.25, 0.3) is 0 Å². The van der Waals surface area contributed by atoms with Gasteiger partial charge < -0.3 is 15.0 Å². The summed E-state index contributed by atoms with van der Waals surface area (Å²) in [4.78, 5) is 6.19. The molecule has 31 heavy (non-hydrogen) atoms. The maximum absolute atomic E-state index is 13.5. The zero-order chi connectivity index (χ0) is 22.3. The topological polar surface area (TPSA) is 74.2 Å². The molecule has 1 fully saturated rings. The molecule has 1 aliphatic heterocycles. The highest BCUT2D eigenvalue weighted by atomic mass is 32.2. The number of morpholine rings is 1. The van der Waals surface area contributed by atoms with Gasteiger partial charge in [-0.15, -0.1) is 0 Å². The maximum atomic E-state index is 13.5. The van der Waals surface area contributed by atoms with Crippen LogP contribution in [0.4, 0.5) is 4.39 Å². The number of hydrogen-bond donors (Lipinski definition) is 1. The zero-order valence-electron chi connectivity index (χ0n) is 17.9. The van der Waals surface area contributed by atoms with Crippen molar-refractivity contribution in [3.63, 3.8) is 0 Å². The van der Waals surface area contributed by atoms with Gasteiger partial charge in [-0.1, -0.05) is 36.4 Å². The predicted octanol–water partition coefficient (Wildman–Crippen LogP) is 2.20. The maximum Gasteiger partial charge on any atom is 0.218 e. The Labute approximate surface area is 183 Å². The van der Waals surface area contributed by atoms with Gasteiger partial charge in [0, 0.05) is 40.3 Å². The van der Waals surface area contributed by atoms with Crippen molar-refractivity contribution in [3.8, 4) is 0 Å². The molecule has 3 rings (SSSR count). The molecule has 0 spiro atoms. The van der Waals surface area contributed by atoms with Crippen molar-refractivity contribution in [2.45, 2.75) is 18.8 Å². The average Bonchev–Trinajstić information content (AvgIpc) is 2.76. The molecule has 2 aromatic carbocycles. The number of rotatable bonds is 7. The van der Waals surface area contributed by atoms with E-state index in [1.54, 1.807) is 13.1 Å². The Hall–Kier alpha value is -2.49. The molecule has 0 radical (unpaired) electrons. The van der Waals surface area contributed by atoms with Crippen molar-refractivity contribution in [1.29, 1.82) is 0 Å². The molecule has 1 aliphatic rings. The van der Waals surface area contributed by atoms with Crippen LogP contribution in [0.15, 0.2) is 53.5 Å². The van der Waals surface area contributed by atoms with Crippen LogP contribution in [-0.4, -0.2) is 64.0 Å². The van der Waals surface area contributed by atoms with E-state index < -0.39 is 10.0 Å². The van der Waals surface area contributed by atoms with E-state index in [9.17, 15) is 12.8 Å². The van der Waals surface area contributed by atoms with Crippen molar-refractivity contribution in [3.05, 3.63) is 71.0 Å². The van der Waals surface area contributed by atoms with E-state index >= 15 is 0 Å². The fraction of sp³-hybridized carbons (Fsp3) is 0.409. The van der Waals surface area contributed by atoms with Gasteiger partial charge in [0.15, 0.2) is 5.96 Å². The zero-order valence-corrected chi connectivity index (χ0v) is 18.7. The van der Waals surface area contributed by atoms with E-state index in [1.807, 2.05) is 42.3 Å². The lowest BCUT2D eigenvalue weighted by Gasteiger charge is -2.26. The first kappa shape index (κ1) is 23.2. The van der Waals surface area contributed by atoms with Crippen LogP contribution < -0.4 is 5.32 Å². The van der Waals surface area contributed by atoms with Crippen LogP contribution in [-0.2, 0) is 33.6 Å². The van der Waals surface area contributed by atoms with E-state index in [1.165, 1.54) is 16.4 Å². The van der Waals surface area contributed by atoms with E-state index in [4.69, 9.17) is 4.74 Å². The Morgan fingerprint density at radius 3 is 2.55 bits per heavy atom. The Bertz CT molecular complexity index is 1010. The van der Waals surface area contributed by atoms with Crippen molar-refractivity contribution >= 4 is 16.0 Å². The third-order valence-electron chi connectivity index (χ3n) is 5.14. The summed E-state index contributed by atoms with van der Waals surface area (Å²) in [6, 6.07) is 13.9. The monoisotopic (exact) mass is 448 g/mol. The van der Waals surface area contributed by atoms with E-state index in [0.717, 1.165) is 16.7 Å². The SMILES string of the molecule is CN=C(NCc1ccccc1CS(=O)(=O)N1CCOCC1)N(C)Cc1cccc(F)c1. The van der Waals surface area contributed by atoms with Gasteiger partial charge in [-0.25, -0.2) is 12.8 Å². The van der Waals surface area contributed by atoms with Crippen LogP contribution in [0.3, 0.4) is 0 Å². The second-order valence-electron chi connectivity index (χ2n) is 7.42. The van der Waals surface area contributed by atoms with Gasteiger partial charge in [-0.2, -0.15) is 4.31 Å². The fourth-order valence-electron chi connectivity index (χ4n) is 3.53. The van der Waals surface area contributed by atoms with Crippen LogP contribution >= 0.6 is 0 Å². The molecule has 1 N–H and O–H groups in total. The van der Waals surface area contributed by atoms with Gasteiger partial charge in [0.2, 0.25) is 10.0 Å². The van der Waals surface area contributed by atoms with Gasteiger partial charge >= 0.3 is 0 Å². The largest absolute Gasteiger partial charge is 0.379 e. The van der Waals surface area contributed by atoms with Crippen molar-refractivity contribution in [2.24, 2.45) is 4.99 Å². The number of halogens is 1. The number of sulfonamides is 1. The standard InChI is InChI=1S/C22H29FN4O3S/c1-24-22(26(2)16-18-6-5-9-21(23)14-18)25-15-19-7-3-4-8-20(19)17-31(28,29)27-10-12-30-13-11-27/h3-9,14H,10-13,15-17H2,1-2H3,(H,24,25). The molecule has 0 atom stereocenters. The molecule has 7 nitrogen and oxygen atoms in total. The number of ether oxygens (including phenoxy) is 1. The van der Waals surface area contributed by atoms with Gasteiger partial charge in [0.05, 0.1) is 19.0 Å². The second kappa shape index (κ2) is 10.7. The van der Waals surface area contributed by atoms with Crippen LogP contribution in [0.1, 0.15) is 16.7 Å². The molecule has 0 saturated carbocycles. The molecular weight excluding hydrogens is 419 g/mol. The molecule has 2 aromatic rings. The lowest BCUT2D eigenvalue weighted by Crippen LogP contribution is -2.41. The summed E-state index contributed by atoms with van der Waals surface area (Å²) in [6.45, 7) is 2.55. The first-order chi connectivity index (χ1) is 14.9. The third kappa shape index (κ3) is 6.49. The first-order valence-corrected chi connectivity index (χ1v) is 11.8. The van der Waals surface area contributed by atoms with E-state index in [-0.39, 0.29) is 11.6 Å². The lowest BCUT2D eigenvalue weighted by atomic mass is 10.1. The summed E-state index contributed by atoms with van der Waals surface area (Å²) in [7, 11) is 0.135. The normalized spacial score (nSPS) is 15.6. The van der Waals surface area contributed by atoms with Crippen molar-refractivity contribution in [2.75, 3.05) is 40.4 Å². The molecule has 1 heterocycles. The summed E-state index contributed by atoms with van der Waals surface area (Å²) >= 11 is 0. The minimum atomic E-state index is -3.41. The fourth-order valence-corrected chi connectivity index (χ4v) is 5.09. The highest BCUT2D eigenvalue weighted by Crippen LogP contribution is 2.17. The van der Waals surface area contributed by atoms with Crippen molar-refractivity contribution in [1.82, 2.24) is 14.5 Å². The van der Waals surface area contributed by atoms with Gasteiger partial charge in [-0.3, -0.25) is 4.99 Å². The van der Waals surface area contributed by atoms with E-state index in [2.05, 4.69) is 10.3 Å². The molecule has 0 unspecified atom stereocenters. The average molecular weight is 449 g/mol. The Morgan fingerprint density at radius 1 is 1.16 bits per heavy atom. The minimum absolute atomic E-state index is 0.0530. The number of aliphatic imine (C=N–C) groups is 1. The smallest absolute Gasteiger partial charge is 0.218 e. The number of nitrogens with zero attached hydrogens (tertiary/aromatic N) is 3. The summed E-state index contributed by atoms with van der Waals surface area (Å²) in [5.41, 5.74) is 2.48. The highest BCUT2D eigenvalue weighted by molar-refractivity contribution is 7.88. The molecule has 1 saturated heterocycles. The first-order valence-electron chi connectivity index (χ1n) is 10.2. The van der Waals surface area contributed by atoms with Crippen LogP contribution in [0.5, 0.6) is 0 Å². The summed E-state index contributed by atoms with van der Waals surface area (Å²) in [5, 5.41) is 3.28. The molecule has 168 valence electrons. The van der Waals surface area contributed by atoms with Crippen molar-refractivity contribution < 1.29 is 17.5 Å². The molecule has 0 aliphatic carbocycles. The van der Waals surface area contributed by atoms with E-state index in [0.29, 0.717) is 45.4 Å². The third-order valence-corrected chi connectivity index (χ3v) is 6.97. The quantitative estimate of drug-likeness (QED) is 0.519. The highest BCUT2D eigenvalue weighted by Gasteiger charge is 2.25. The number of hydrogen-bond acceptors (Lipinski definition) is 4. The number of nitrogens with one attached hydrogen (secondary N) is 1. The van der Waals surface area contributed by atoms with Crippen LogP contribution in [0, 0.1) is 5.82 Å². The number of benzene rings is 2. The predicted molar refractivity (Wildman–Crippen MR) is 120 cm³/mol. The van der Waals surface area contributed by atoms with Gasteiger partial charge in [0.1, 0.15) is 5.82 Å². The second-order valence-corrected chi connectivity index (χ2v) is 9.39.